The summed E-state index contributed by atoms with van der Waals surface area (Å²) in [5.41, 5.74) is 4.65. The molecule has 0 spiro atoms. The van der Waals surface area contributed by atoms with E-state index in [2.05, 4.69) is 48.1 Å². The fourth-order valence-corrected chi connectivity index (χ4v) is 3.48. The number of rotatable bonds is 3. The molecule has 2 saturated carbocycles. The Balaban J connectivity index is 0.000000231. The second kappa shape index (κ2) is 7.21. The molecule has 3 nitrogen and oxygen atoms in total. The maximum Gasteiger partial charge on any atom is 0.302 e. The molecule has 2 unspecified atom stereocenters. The largest absolute Gasteiger partial charge is 0.466 e. The Morgan fingerprint density at radius 1 is 1.13 bits per heavy atom. The molecule has 0 aromatic heterocycles. The molecular weight excluding hydrogens is 288 g/mol. The van der Waals surface area contributed by atoms with E-state index >= 15 is 0 Å². The van der Waals surface area contributed by atoms with Crippen LogP contribution >= 0.6 is 0 Å². The highest BCUT2D eigenvalue weighted by atomic mass is 16.5. The minimum absolute atomic E-state index is 0.162. The third-order valence-electron chi connectivity index (χ3n) is 5.99. The fourth-order valence-electron chi connectivity index (χ4n) is 3.48. The highest BCUT2D eigenvalue weighted by molar-refractivity contribution is 5.65. The van der Waals surface area contributed by atoms with Gasteiger partial charge in [0, 0.05) is 19.4 Å². The van der Waals surface area contributed by atoms with Crippen LogP contribution in [-0.2, 0) is 9.53 Å². The predicted molar refractivity (Wildman–Crippen MR) is 95.0 cm³/mol. The number of hydrogen-bond acceptors (Lipinski definition) is 3. The SMILES string of the molecule is C=C1CC(COC(C)=O)C1(C)C.CC(C)=C1CC(CO)C1(C)C. The maximum absolute atomic E-state index is 10.5. The topological polar surface area (TPSA) is 46.5 Å². The van der Waals surface area contributed by atoms with Crippen molar-refractivity contribution >= 4 is 5.97 Å². The number of hydrogen-bond donors (Lipinski definition) is 1. The standard InChI is InChI=1S/C10H16O2.C10H18O/c1-7-5-9(10(7,3)4)6-12-8(2)11;1-7(2)9-5-8(6-11)10(9,3)4/h9H,1,5-6H2,2-4H3;8,11H,5-6H2,1-4H3. The first-order valence-electron chi connectivity index (χ1n) is 8.53. The third kappa shape index (κ3) is 4.26. The molecule has 0 bridgehead atoms. The monoisotopic (exact) mass is 322 g/mol. The number of carbonyl (C=O) groups excluding carboxylic acids is 1. The van der Waals surface area contributed by atoms with E-state index in [9.17, 15) is 4.79 Å². The summed E-state index contributed by atoms with van der Waals surface area (Å²) in [5.74, 6) is 0.768. The van der Waals surface area contributed by atoms with E-state index in [1.54, 1.807) is 0 Å². The molecule has 3 heteroatoms. The highest BCUT2D eigenvalue weighted by Gasteiger charge is 2.43. The van der Waals surface area contributed by atoms with E-state index in [1.165, 1.54) is 23.6 Å². The van der Waals surface area contributed by atoms with Gasteiger partial charge in [-0.05, 0) is 43.4 Å². The third-order valence-corrected chi connectivity index (χ3v) is 5.99. The minimum Gasteiger partial charge on any atom is -0.466 e. The molecule has 2 rings (SSSR count). The maximum atomic E-state index is 10.5. The second-order valence-electron chi connectivity index (χ2n) is 8.31. The van der Waals surface area contributed by atoms with Crippen LogP contribution in [0.1, 0.15) is 61.3 Å². The molecule has 23 heavy (non-hydrogen) atoms. The van der Waals surface area contributed by atoms with Crippen molar-refractivity contribution in [3.63, 3.8) is 0 Å². The number of allylic oxidation sites excluding steroid dienone is 3. The molecule has 0 radical (unpaired) electrons. The van der Waals surface area contributed by atoms with Gasteiger partial charge in [0.2, 0.25) is 0 Å². The van der Waals surface area contributed by atoms with Crippen LogP contribution in [0.3, 0.4) is 0 Å². The molecule has 0 amide bonds. The van der Waals surface area contributed by atoms with Crippen LogP contribution in [-0.4, -0.2) is 24.3 Å². The number of aliphatic hydroxyl groups is 1. The van der Waals surface area contributed by atoms with Crippen molar-refractivity contribution in [2.45, 2.75) is 61.3 Å². The van der Waals surface area contributed by atoms with E-state index in [0.717, 1.165) is 12.8 Å². The zero-order valence-electron chi connectivity index (χ0n) is 16.0. The molecule has 0 aromatic carbocycles. The Kier molecular flexibility index (Phi) is 6.25. The lowest BCUT2D eigenvalue weighted by Gasteiger charge is -2.47. The van der Waals surface area contributed by atoms with Crippen molar-refractivity contribution in [3.05, 3.63) is 23.3 Å². The highest BCUT2D eigenvalue weighted by Crippen LogP contribution is 2.51. The van der Waals surface area contributed by atoms with Crippen molar-refractivity contribution in [1.29, 1.82) is 0 Å². The van der Waals surface area contributed by atoms with Gasteiger partial charge < -0.3 is 9.84 Å². The van der Waals surface area contributed by atoms with Gasteiger partial charge >= 0.3 is 5.97 Å². The molecule has 0 saturated heterocycles. The van der Waals surface area contributed by atoms with Crippen LogP contribution in [0.2, 0.25) is 0 Å². The van der Waals surface area contributed by atoms with Crippen molar-refractivity contribution in [3.8, 4) is 0 Å². The van der Waals surface area contributed by atoms with Gasteiger partial charge in [-0.1, -0.05) is 51.0 Å². The van der Waals surface area contributed by atoms with Crippen LogP contribution in [0.15, 0.2) is 23.3 Å². The Labute approximate surface area is 141 Å². The van der Waals surface area contributed by atoms with Crippen molar-refractivity contribution in [1.82, 2.24) is 0 Å². The minimum atomic E-state index is -0.191. The predicted octanol–water partition coefficient (Wildman–Crippen LogP) is 4.51. The fraction of sp³-hybridized carbons (Fsp3) is 0.750. The zero-order chi connectivity index (χ0) is 18.0. The van der Waals surface area contributed by atoms with Gasteiger partial charge in [-0.3, -0.25) is 4.79 Å². The van der Waals surface area contributed by atoms with Crippen molar-refractivity contribution < 1.29 is 14.6 Å². The first kappa shape index (κ1) is 20.0. The first-order valence-corrected chi connectivity index (χ1v) is 8.53. The summed E-state index contributed by atoms with van der Waals surface area (Å²) in [7, 11) is 0. The van der Waals surface area contributed by atoms with Gasteiger partial charge in [0.1, 0.15) is 0 Å². The quantitative estimate of drug-likeness (QED) is 0.614. The average molecular weight is 322 g/mol. The average Bonchev–Trinajstić information content (AvgIpc) is 2.42. The lowest BCUT2D eigenvalue weighted by atomic mass is 9.58. The summed E-state index contributed by atoms with van der Waals surface area (Å²) < 4.78 is 4.95. The smallest absolute Gasteiger partial charge is 0.302 e. The summed E-state index contributed by atoms with van der Waals surface area (Å²) in [6.45, 7) is 19.3. The van der Waals surface area contributed by atoms with Crippen molar-refractivity contribution in [2.75, 3.05) is 13.2 Å². The Morgan fingerprint density at radius 2 is 1.70 bits per heavy atom. The van der Waals surface area contributed by atoms with Crippen LogP contribution in [0, 0.1) is 22.7 Å². The van der Waals surface area contributed by atoms with E-state index in [0.29, 0.717) is 25.0 Å². The van der Waals surface area contributed by atoms with Gasteiger partial charge in [-0.25, -0.2) is 0 Å². The van der Waals surface area contributed by atoms with E-state index in [1.807, 2.05) is 0 Å². The lowest BCUT2D eigenvalue weighted by molar-refractivity contribution is -0.144. The molecule has 2 atom stereocenters. The molecular formula is C20H34O3. The molecule has 2 aliphatic rings. The molecule has 0 aliphatic heterocycles. The summed E-state index contributed by atoms with van der Waals surface area (Å²) in [6.07, 6.45) is 2.10. The zero-order valence-corrected chi connectivity index (χ0v) is 16.0. The van der Waals surface area contributed by atoms with Gasteiger partial charge in [0.25, 0.3) is 0 Å². The number of aliphatic hydroxyl groups excluding tert-OH is 1. The van der Waals surface area contributed by atoms with Crippen molar-refractivity contribution in [2.24, 2.45) is 22.7 Å². The Hall–Kier alpha value is -1.09. The van der Waals surface area contributed by atoms with Gasteiger partial charge in [0.15, 0.2) is 0 Å². The van der Waals surface area contributed by atoms with Gasteiger partial charge in [-0.2, -0.15) is 0 Å². The van der Waals surface area contributed by atoms with E-state index < -0.39 is 0 Å². The van der Waals surface area contributed by atoms with Crippen LogP contribution in [0.4, 0.5) is 0 Å². The van der Waals surface area contributed by atoms with E-state index in [-0.39, 0.29) is 16.8 Å². The first-order chi connectivity index (χ1) is 10.4. The van der Waals surface area contributed by atoms with Crippen LogP contribution in [0.25, 0.3) is 0 Å². The Bertz CT molecular complexity index is 493. The summed E-state index contributed by atoms with van der Waals surface area (Å²) >= 11 is 0. The van der Waals surface area contributed by atoms with E-state index in [4.69, 9.17) is 9.84 Å². The second-order valence-corrected chi connectivity index (χ2v) is 8.31. The molecule has 0 aromatic rings. The summed E-state index contributed by atoms with van der Waals surface area (Å²) in [4.78, 5) is 10.5. The number of carbonyl (C=O) groups is 1. The summed E-state index contributed by atoms with van der Waals surface area (Å²) in [5, 5.41) is 9.00. The lowest BCUT2D eigenvalue weighted by Crippen LogP contribution is -2.40. The van der Waals surface area contributed by atoms with Gasteiger partial charge in [-0.15, -0.1) is 0 Å². The normalized spacial score (nSPS) is 27.1. The van der Waals surface area contributed by atoms with Crippen LogP contribution < -0.4 is 0 Å². The molecule has 0 heterocycles. The summed E-state index contributed by atoms with van der Waals surface area (Å²) in [6, 6.07) is 0. The Morgan fingerprint density at radius 3 is 2.00 bits per heavy atom. The molecule has 2 aliphatic carbocycles. The number of ether oxygens (including phenoxy) is 1. The van der Waals surface area contributed by atoms with Crippen LogP contribution in [0.5, 0.6) is 0 Å². The molecule has 1 N–H and O–H groups in total. The molecule has 2 fully saturated rings. The van der Waals surface area contributed by atoms with Gasteiger partial charge in [0.05, 0.1) is 6.61 Å². The number of esters is 1. The molecule has 132 valence electrons.